The van der Waals surface area contributed by atoms with Gasteiger partial charge >= 0.3 is 0 Å². The van der Waals surface area contributed by atoms with Crippen LogP contribution in [0, 0.1) is 0 Å². The van der Waals surface area contributed by atoms with Gasteiger partial charge in [-0.1, -0.05) is 20.3 Å². The first-order chi connectivity index (χ1) is 9.22. The second-order valence-corrected chi connectivity index (χ2v) is 7.48. The molecular weight excluding hydrogens is 274 g/mol. The van der Waals surface area contributed by atoms with E-state index in [9.17, 15) is 8.42 Å². The van der Waals surface area contributed by atoms with Crippen molar-refractivity contribution in [2.75, 3.05) is 6.54 Å². The number of hydrogen-bond acceptors (Lipinski definition) is 3. The van der Waals surface area contributed by atoms with Crippen molar-refractivity contribution in [3.05, 3.63) is 18.0 Å². The van der Waals surface area contributed by atoms with Gasteiger partial charge in [0.25, 0.3) is 0 Å². The Hall–Kier alpha value is -0.850. The summed E-state index contributed by atoms with van der Waals surface area (Å²) >= 11 is 0. The van der Waals surface area contributed by atoms with Gasteiger partial charge in [0, 0.05) is 31.0 Å². The molecule has 20 heavy (non-hydrogen) atoms. The molecule has 0 fully saturated rings. The molecular formula is C14H27N3O2S. The van der Waals surface area contributed by atoms with E-state index in [0.29, 0.717) is 11.4 Å². The molecule has 0 amide bonds. The van der Waals surface area contributed by atoms with Crippen molar-refractivity contribution in [3.8, 4) is 0 Å². The van der Waals surface area contributed by atoms with E-state index in [1.807, 2.05) is 39.3 Å². The fourth-order valence-corrected chi connectivity index (χ4v) is 3.79. The molecule has 0 saturated carbocycles. The molecule has 1 rings (SSSR count). The molecule has 0 aliphatic rings. The van der Waals surface area contributed by atoms with Gasteiger partial charge in [0.2, 0.25) is 10.0 Å². The quantitative estimate of drug-likeness (QED) is 0.772. The summed E-state index contributed by atoms with van der Waals surface area (Å²) in [6, 6.07) is 1.73. The summed E-state index contributed by atoms with van der Waals surface area (Å²) in [7, 11) is -1.60. The average Bonchev–Trinajstić information content (AvgIpc) is 2.67. The Morgan fingerprint density at radius 2 is 1.95 bits per heavy atom. The van der Waals surface area contributed by atoms with Gasteiger partial charge in [-0.25, -0.2) is 13.1 Å². The van der Waals surface area contributed by atoms with E-state index in [2.05, 4.69) is 10.0 Å². The SMILES string of the molecule is CCCC(C)(C)NS(=O)(=O)c1cc(CNCC)n(C)c1. The molecule has 0 atom stereocenters. The van der Waals surface area contributed by atoms with Crippen LogP contribution in [-0.4, -0.2) is 25.1 Å². The molecule has 0 radical (unpaired) electrons. The molecule has 0 aliphatic carbocycles. The van der Waals surface area contributed by atoms with Crippen LogP contribution in [-0.2, 0) is 23.6 Å². The lowest BCUT2D eigenvalue weighted by atomic mass is 10.0. The van der Waals surface area contributed by atoms with Crippen LogP contribution in [0.1, 0.15) is 46.2 Å². The molecule has 1 aromatic heterocycles. The minimum absolute atomic E-state index is 0.331. The minimum atomic E-state index is -3.47. The third-order valence-corrected chi connectivity index (χ3v) is 4.90. The summed E-state index contributed by atoms with van der Waals surface area (Å²) in [4.78, 5) is 0.331. The van der Waals surface area contributed by atoms with Gasteiger partial charge in [0.1, 0.15) is 0 Å². The first kappa shape index (κ1) is 17.2. The second-order valence-electron chi connectivity index (χ2n) is 5.80. The Balaban J connectivity index is 2.93. The van der Waals surface area contributed by atoms with E-state index in [1.54, 1.807) is 12.3 Å². The number of aryl methyl sites for hydroxylation is 1. The smallest absolute Gasteiger partial charge is 0.242 e. The average molecular weight is 301 g/mol. The van der Waals surface area contributed by atoms with Gasteiger partial charge in [0.15, 0.2) is 0 Å². The number of hydrogen-bond donors (Lipinski definition) is 2. The summed E-state index contributed by atoms with van der Waals surface area (Å²) in [5, 5.41) is 3.20. The Labute approximate surface area is 122 Å². The van der Waals surface area contributed by atoms with E-state index in [4.69, 9.17) is 0 Å². The first-order valence-corrected chi connectivity index (χ1v) is 8.60. The topological polar surface area (TPSA) is 63.1 Å². The Morgan fingerprint density at radius 3 is 2.50 bits per heavy atom. The van der Waals surface area contributed by atoms with Gasteiger partial charge in [-0.05, 0) is 32.9 Å². The lowest BCUT2D eigenvalue weighted by Gasteiger charge is -2.25. The fourth-order valence-electron chi connectivity index (χ4n) is 2.25. The van der Waals surface area contributed by atoms with Crippen molar-refractivity contribution in [3.63, 3.8) is 0 Å². The van der Waals surface area contributed by atoms with Gasteiger partial charge in [-0.15, -0.1) is 0 Å². The number of aromatic nitrogens is 1. The van der Waals surface area contributed by atoms with E-state index < -0.39 is 15.6 Å². The summed E-state index contributed by atoms with van der Waals surface area (Å²) in [5.41, 5.74) is 0.533. The summed E-state index contributed by atoms with van der Waals surface area (Å²) < 4.78 is 29.5. The van der Waals surface area contributed by atoms with Crippen LogP contribution < -0.4 is 10.0 Å². The highest BCUT2D eigenvalue weighted by molar-refractivity contribution is 7.89. The van der Waals surface area contributed by atoms with E-state index in [1.165, 1.54) is 0 Å². The lowest BCUT2D eigenvalue weighted by Crippen LogP contribution is -2.43. The molecule has 0 unspecified atom stereocenters. The first-order valence-electron chi connectivity index (χ1n) is 7.12. The van der Waals surface area contributed by atoms with Crippen molar-refractivity contribution in [1.29, 1.82) is 0 Å². The van der Waals surface area contributed by atoms with Crippen LogP contribution in [0.25, 0.3) is 0 Å². The molecule has 0 spiro atoms. The highest BCUT2D eigenvalue weighted by atomic mass is 32.2. The second kappa shape index (κ2) is 6.74. The molecule has 6 heteroatoms. The normalized spacial score (nSPS) is 12.8. The maximum Gasteiger partial charge on any atom is 0.242 e. The van der Waals surface area contributed by atoms with Crippen LogP contribution in [0.3, 0.4) is 0 Å². The van der Waals surface area contributed by atoms with E-state index in [0.717, 1.165) is 25.1 Å². The molecule has 116 valence electrons. The number of nitrogens with one attached hydrogen (secondary N) is 2. The maximum absolute atomic E-state index is 12.4. The Morgan fingerprint density at radius 1 is 1.30 bits per heavy atom. The van der Waals surface area contributed by atoms with Crippen LogP contribution >= 0.6 is 0 Å². The van der Waals surface area contributed by atoms with Gasteiger partial charge < -0.3 is 9.88 Å². The number of nitrogens with zero attached hydrogens (tertiary/aromatic N) is 1. The molecule has 1 heterocycles. The number of rotatable bonds is 8. The fraction of sp³-hybridized carbons (Fsp3) is 0.714. The third kappa shape index (κ3) is 4.61. The molecule has 0 aliphatic heterocycles. The van der Waals surface area contributed by atoms with Gasteiger partial charge in [0.05, 0.1) is 4.90 Å². The monoisotopic (exact) mass is 301 g/mol. The van der Waals surface area contributed by atoms with Crippen molar-refractivity contribution < 1.29 is 8.42 Å². The molecule has 1 aromatic rings. The number of sulfonamides is 1. The Bertz CT molecular complexity index is 533. The van der Waals surface area contributed by atoms with Crippen molar-refractivity contribution >= 4 is 10.0 Å². The zero-order valence-corrected chi connectivity index (χ0v) is 14.0. The van der Waals surface area contributed by atoms with Crippen LogP contribution in [0.2, 0.25) is 0 Å². The van der Waals surface area contributed by atoms with Gasteiger partial charge in [-0.3, -0.25) is 0 Å². The summed E-state index contributed by atoms with van der Waals surface area (Å²) in [5.74, 6) is 0. The van der Waals surface area contributed by atoms with Crippen molar-refractivity contribution in [2.45, 2.75) is 57.5 Å². The van der Waals surface area contributed by atoms with Crippen molar-refractivity contribution in [2.24, 2.45) is 7.05 Å². The van der Waals surface area contributed by atoms with Crippen LogP contribution in [0.5, 0.6) is 0 Å². The molecule has 5 nitrogen and oxygen atoms in total. The molecule has 0 aromatic carbocycles. The molecule has 0 bridgehead atoms. The standard InChI is InChI=1S/C14H27N3O2S/c1-6-8-14(3,4)16-20(18,19)13-9-12(10-15-7-2)17(5)11-13/h9,11,15-16H,6-8,10H2,1-5H3. The lowest BCUT2D eigenvalue weighted by molar-refractivity contribution is 0.417. The van der Waals surface area contributed by atoms with Crippen LogP contribution in [0.4, 0.5) is 0 Å². The van der Waals surface area contributed by atoms with E-state index >= 15 is 0 Å². The maximum atomic E-state index is 12.4. The predicted molar refractivity (Wildman–Crippen MR) is 82.1 cm³/mol. The minimum Gasteiger partial charge on any atom is -0.352 e. The highest BCUT2D eigenvalue weighted by Crippen LogP contribution is 2.18. The van der Waals surface area contributed by atoms with Gasteiger partial charge in [-0.2, -0.15) is 0 Å². The summed E-state index contributed by atoms with van der Waals surface area (Å²) in [6.45, 7) is 9.42. The molecule has 0 saturated heterocycles. The largest absolute Gasteiger partial charge is 0.352 e. The Kier molecular flexibility index (Phi) is 5.79. The van der Waals surface area contributed by atoms with Crippen molar-refractivity contribution in [1.82, 2.24) is 14.6 Å². The zero-order chi connectivity index (χ0) is 15.4. The van der Waals surface area contributed by atoms with E-state index in [-0.39, 0.29) is 0 Å². The predicted octanol–water partition coefficient (Wildman–Crippen LogP) is 1.99. The molecule has 2 N–H and O–H groups in total. The zero-order valence-electron chi connectivity index (χ0n) is 13.2. The highest BCUT2D eigenvalue weighted by Gasteiger charge is 2.26. The summed E-state index contributed by atoms with van der Waals surface area (Å²) in [6.07, 6.45) is 3.41. The van der Waals surface area contributed by atoms with Crippen LogP contribution in [0.15, 0.2) is 17.2 Å². The third-order valence-electron chi connectivity index (χ3n) is 3.23.